The van der Waals surface area contributed by atoms with Crippen LogP contribution in [0.5, 0.6) is 0 Å². The van der Waals surface area contributed by atoms with Gasteiger partial charge in [-0.3, -0.25) is 0 Å². The number of aryl methyl sites for hydroxylation is 1. The van der Waals surface area contributed by atoms with Crippen molar-refractivity contribution in [3.8, 4) is 0 Å². The van der Waals surface area contributed by atoms with Crippen molar-refractivity contribution in [2.24, 2.45) is 0 Å². The van der Waals surface area contributed by atoms with E-state index < -0.39 is 15.6 Å². The quantitative estimate of drug-likeness (QED) is 0.778. The summed E-state index contributed by atoms with van der Waals surface area (Å²) >= 11 is 0. The van der Waals surface area contributed by atoms with E-state index in [-0.39, 0.29) is 18.9 Å². The normalized spacial score (nSPS) is 15.2. The molecule has 0 heterocycles. The summed E-state index contributed by atoms with van der Waals surface area (Å²) in [6, 6.07) is 7.32. The predicted molar refractivity (Wildman–Crippen MR) is 74.3 cm³/mol. The van der Waals surface area contributed by atoms with E-state index in [0.29, 0.717) is 0 Å². The molecule has 0 saturated carbocycles. The molecule has 5 nitrogen and oxygen atoms in total. The Labute approximate surface area is 114 Å². The zero-order valence-electron chi connectivity index (χ0n) is 11.5. The van der Waals surface area contributed by atoms with Crippen molar-refractivity contribution in [1.82, 2.24) is 4.72 Å². The van der Waals surface area contributed by atoms with Crippen LogP contribution in [0.2, 0.25) is 0 Å². The van der Waals surface area contributed by atoms with Crippen LogP contribution in [0.3, 0.4) is 0 Å². The molecule has 1 rings (SSSR count). The molecular weight excluding hydrogens is 266 g/mol. The third-order valence-corrected chi connectivity index (χ3v) is 3.86. The maximum Gasteiger partial charge on any atom is 0.215 e. The van der Waals surface area contributed by atoms with Gasteiger partial charge in [-0.2, -0.15) is 0 Å². The summed E-state index contributed by atoms with van der Waals surface area (Å²) in [4.78, 5) is 0. The molecule has 1 atom stereocenters. The fraction of sp³-hybridized carbons (Fsp3) is 0.538. The molecule has 0 aliphatic rings. The second kappa shape index (κ2) is 6.47. The lowest BCUT2D eigenvalue weighted by Gasteiger charge is -2.22. The summed E-state index contributed by atoms with van der Waals surface area (Å²) in [5.41, 5.74) is 0.520. The molecule has 0 radical (unpaired) electrons. The highest BCUT2D eigenvalue weighted by molar-refractivity contribution is 7.88. The van der Waals surface area contributed by atoms with Gasteiger partial charge in [-0.25, -0.2) is 13.1 Å². The molecule has 0 spiro atoms. The minimum atomic E-state index is -3.47. The first kappa shape index (κ1) is 16.1. The van der Waals surface area contributed by atoms with Gasteiger partial charge in [0.25, 0.3) is 0 Å². The zero-order chi connectivity index (χ0) is 14.5. The number of methoxy groups -OCH3 is 1. The lowest BCUT2D eigenvalue weighted by atomic mass is 10.1. The molecule has 0 amide bonds. The highest BCUT2D eigenvalue weighted by Crippen LogP contribution is 2.09. The van der Waals surface area contributed by atoms with Gasteiger partial charge in [0.2, 0.25) is 10.0 Å². The summed E-state index contributed by atoms with van der Waals surface area (Å²) in [5, 5.41) is 9.84. The molecule has 0 aromatic heterocycles. The average Bonchev–Trinajstić information content (AvgIpc) is 2.26. The molecule has 2 N–H and O–H groups in total. The second-order valence-corrected chi connectivity index (χ2v) is 6.81. The van der Waals surface area contributed by atoms with E-state index in [2.05, 4.69) is 4.72 Å². The highest BCUT2D eigenvalue weighted by atomic mass is 32.2. The number of hydrogen-bond acceptors (Lipinski definition) is 4. The van der Waals surface area contributed by atoms with Crippen LogP contribution < -0.4 is 4.72 Å². The summed E-state index contributed by atoms with van der Waals surface area (Å²) in [6.45, 7) is 3.42. The van der Waals surface area contributed by atoms with Crippen LogP contribution in [0.1, 0.15) is 18.1 Å². The third kappa shape index (κ3) is 6.15. The number of hydrogen-bond donors (Lipinski definition) is 2. The molecule has 0 aliphatic heterocycles. The fourth-order valence-electron chi connectivity index (χ4n) is 1.70. The van der Waals surface area contributed by atoms with Gasteiger partial charge in [-0.05, 0) is 19.4 Å². The van der Waals surface area contributed by atoms with Crippen LogP contribution in [-0.2, 0) is 20.5 Å². The molecule has 6 heteroatoms. The molecule has 0 bridgehead atoms. The van der Waals surface area contributed by atoms with Crippen molar-refractivity contribution >= 4 is 10.0 Å². The Morgan fingerprint density at radius 2 is 2.11 bits per heavy atom. The summed E-state index contributed by atoms with van der Waals surface area (Å²) in [7, 11) is -2.01. The molecule has 1 aromatic carbocycles. The summed E-state index contributed by atoms with van der Waals surface area (Å²) in [6.07, 6.45) is 0. The van der Waals surface area contributed by atoms with Crippen molar-refractivity contribution in [2.75, 3.05) is 20.3 Å². The van der Waals surface area contributed by atoms with E-state index in [4.69, 9.17) is 4.74 Å². The summed E-state index contributed by atoms with van der Waals surface area (Å²) < 4.78 is 31.0. The van der Waals surface area contributed by atoms with Crippen molar-refractivity contribution in [3.63, 3.8) is 0 Å². The minimum absolute atomic E-state index is 0.0694. The van der Waals surface area contributed by atoms with Crippen LogP contribution in [0.4, 0.5) is 0 Å². The van der Waals surface area contributed by atoms with Crippen LogP contribution >= 0.6 is 0 Å². The maximum atomic E-state index is 11.9. The summed E-state index contributed by atoms with van der Waals surface area (Å²) in [5.74, 6) is -0.0995. The van der Waals surface area contributed by atoms with Gasteiger partial charge in [-0.15, -0.1) is 0 Å². The standard InChI is InChI=1S/C13H21NO4S/c1-11-5-4-6-12(7-11)8-19(16,17)14-9-13(2,15)10-18-3/h4-7,14-15H,8-10H2,1-3H3/t13-/m0/s1. The monoisotopic (exact) mass is 287 g/mol. The Bertz CT molecular complexity index is 511. The maximum absolute atomic E-state index is 11.9. The lowest BCUT2D eigenvalue weighted by Crippen LogP contribution is -2.44. The van der Waals surface area contributed by atoms with Crippen molar-refractivity contribution in [3.05, 3.63) is 35.4 Å². The Morgan fingerprint density at radius 1 is 1.42 bits per heavy atom. The van der Waals surface area contributed by atoms with Crippen LogP contribution in [0.15, 0.2) is 24.3 Å². The lowest BCUT2D eigenvalue weighted by molar-refractivity contribution is -0.0120. The zero-order valence-corrected chi connectivity index (χ0v) is 12.3. The van der Waals surface area contributed by atoms with E-state index in [0.717, 1.165) is 11.1 Å². The van der Waals surface area contributed by atoms with Crippen LogP contribution in [0.25, 0.3) is 0 Å². The molecule has 1 aromatic rings. The Balaban J connectivity index is 2.62. The number of aliphatic hydroxyl groups is 1. The number of nitrogens with one attached hydrogen (secondary N) is 1. The van der Waals surface area contributed by atoms with Crippen molar-refractivity contribution in [2.45, 2.75) is 25.2 Å². The number of sulfonamides is 1. The van der Waals surface area contributed by atoms with Crippen LogP contribution in [-0.4, -0.2) is 39.4 Å². The highest BCUT2D eigenvalue weighted by Gasteiger charge is 2.23. The number of benzene rings is 1. The van der Waals surface area contributed by atoms with Crippen LogP contribution in [0, 0.1) is 6.92 Å². The minimum Gasteiger partial charge on any atom is -0.386 e. The van der Waals surface area contributed by atoms with E-state index >= 15 is 0 Å². The van der Waals surface area contributed by atoms with Gasteiger partial charge in [0, 0.05) is 13.7 Å². The molecule has 0 unspecified atom stereocenters. The van der Waals surface area contributed by atoms with Crippen molar-refractivity contribution < 1.29 is 18.3 Å². The van der Waals surface area contributed by atoms with Gasteiger partial charge in [0.1, 0.15) is 0 Å². The van der Waals surface area contributed by atoms with Crippen molar-refractivity contribution in [1.29, 1.82) is 0 Å². The van der Waals surface area contributed by atoms with Gasteiger partial charge >= 0.3 is 0 Å². The van der Waals surface area contributed by atoms with E-state index in [1.54, 1.807) is 6.07 Å². The molecular formula is C13H21NO4S. The van der Waals surface area contributed by atoms with Gasteiger partial charge in [0.15, 0.2) is 0 Å². The largest absolute Gasteiger partial charge is 0.386 e. The molecule has 19 heavy (non-hydrogen) atoms. The number of rotatable bonds is 7. The molecule has 108 valence electrons. The Hall–Kier alpha value is -0.950. The molecule has 0 aliphatic carbocycles. The van der Waals surface area contributed by atoms with E-state index in [1.807, 2.05) is 25.1 Å². The van der Waals surface area contributed by atoms with Gasteiger partial charge < -0.3 is 9.84 Å². The first-order valence-electron chi connectivity index (χ1n) is 5.98. The average molecular weight is 287 g/mol. The fourth-order valence-corrected chi connectivity index (χ4v) is 2.95. The Morgan fingerprint density at radius 3 is 2.68 bits per heavy atom. The Kier molecular flexibility index (Phi) is 5.49. The van der Waals surface area contributed by atoms with E-state index in [1.165, 1.54) is 14.0 Å². The molecule has 0 fully saturated rings. The SMILES string of the molecule is COC[C@@](C)(O)CNS(=O)(=O)Cc1cccc(C)c1. The van der Waals surface area contributed by atoms with E-state index in [9.17, 15) is 13.5 Å². The topological polar surface area (TPSA) is 75.6 Å². The smallest absolute Gasteiger partial charge is 0.215 e. The second-order valence-electron chi connectivity index (χ2n) is 5.00. The first-order valence-corrected chi connectivity index (χ1v) is 7.63. The first-order chi connectivity index (χ1) is 8.74. The number of ether oxygens (including phenoxy) is 1. The van der Waals surface area contributed by atoms with Gasteiger partial charge in [0.05, 0.1) is 18.0 Å². The predicted octanol–water partition coefficient (Wildman–Crippen LogP) is 0.812. The third-order valence-electron chi connectivity index (χ3n) is 2.57. The molecule has 0 saturated heterocycles. The van der Waals surface area contributed by atoms with Gasteiger partial charge in [-0.1, -0.05) is 29.8 Å².